The lowest BCUT2D eigenvalue weighted by atomic mass is 9.89. The normalized spacial score (nSPS) is 33.2. The van der Waals surface area contributed by atoms with Crippen molar-refractivity contribution in [2.75, 3.05) is 25.4 Å². The molecule has 2 aliphatic heterocycles. The fraction of sp³-hybridized carbons (Fsp3) is 0.818. The maximum absolute atomic E-state index is 4.56. The molecule has 5 heteroatoms. The van der Waals surface area contributed by atoms with Crippen LogP contribution in [0.1, 0.15) is 31.4 Å². The monoisotopic (exact) mass is 255 g/mol. The third-order valence-corrected chi connectivity index (χ3v) is 5.20. The molecule has 88 valence electrons. The molecule has 0 saturated carbocycles. The third-order valence-electron chi connectivity index (χ3n) is 3.68. The van der Waals surface area contributed by atoms with Crippen LogP contribution in [0, 0.1) is 5.92 Å². The van der Waals surface area contributed by atoms with Gasteiger partial charge >= 0.3 is 0 Å². The van der Waals surface area contributed by atoms with Gasteiger partial charge in [-0.25, -0.2) is 0 Å². The van der Waals surface area contributed by atoms with Crippen LogP contribution in [-0.2, 0) is 0 Å². The van der Waals surface area contributed by atoms with Gasteiger partial charge in [-0.1, -0.05) is 6.92 Å². The van der Waals surface area contributed by atoms with E-state index >= 15 is 0 Å². The van der Waals surface area contributed by atoms with Crippen LogP contribution in [0.15, 0.2) is 5.03 Å². The molecule has 2 bridgehead atoms. The highest BCUT2D eigenvalue weighted by atomic mass is 32.2. The lowest BCUT2D eigenvalue weighted by Gasteiger charge is -2.21. The van der Waals surface area contributed by atoms with Gasteiger partial charge < -0.3 is 4.90 Å². The summed E-state index contributed by atoms with van der Waals surface area (Å²) >= 11 is 3.24. The molecule has 1 aromatic rings. The number of fused-ring (bicyclic) bond motifs is 2. The molecule has 16 heavy (non-hydrogen) atoms. The molecule has 2 fully saturated rings. The number of nitrogens with zero attached hydrogens (tertiary/aromatic N) is 3. The second-order valence-corrected chi connectivity index (χ2v) is 6.44. The zero-order valence-electron chi connectivity index (χ0n) is 9.56. The van der Waals surface area contributed by atoms with Crippen LogP contribution in [0.3, 0.4) is 0 Å². The molecule has 1 aromatic heterocycles. The van der Waals surface area contributed by atoms with E-state index in [0.717, 1.165) is 11.7 Å². The minimum absolute atomic E-state index is 0.662. The highest BCUT2D eigenvalue weighted by Gasteiger charge is 2.38. The minimum atomic E-state index is 0.662. The maximum atomic E-state index is 4.56. The van der Waals surface area contributed by atoms with Gasteiger partial charge in [0.05, 0.1) is 17.4 Å². The Hall–Kier alpha value is -0.130. The Morgan fingerprint density at radius 2 is 2.38 bits per heavy atom. The molecule has 3 nitrogen and oxygen atoms in total. The fourth-order valence-electron chi connectivity index (χ4n) is 2.97. The van der Waals surface area contributed by atoms with Crippen molar-refractivity contribution in [2.45, 2.75) is 30.7 Å². The quantitative estimate of drug-likeness (QED) is 0.776. The average molecular weight is 255 g/mol. The van der Waals surface area contributed by atoms with E-state index in [1.807, 2.05) is 11.8 Å². The van der Waals surface area contributed by atoms with E-state index in [0.29, 0.717) is 5.92 Å². The molecule has 0 N–H and O–H groups in total. The highest BCUT2D eigenvalue weighted by Crippen LogP contribution is 2.40. The summed E-state index contributed by atoms with van der Waals surface area (Å²) < 4.78 is 9.00. The molecule has 2 aliphatic rings. The van der Waals surface area contributed by atoms with Gasteiger partial charge in [-0.3, -0.25) is 0 Å². The summed E-state index contributed by atoms with van der Waals surface area (Å²) in [5.41, 5.74) is 1.30. The summed E-state index contributed by atoms with van der Waals surface area (Å²) in [7, 11) is 0. The summed E-state index contributed by atoms with van der Waals surface area (Å²) in [5.74, 6) is 2.60. The van der Waals surface area contributed by atoms with Crippen LogP contribution in [-0.4, -0.2) is 39.0 Å². The number of hydrogen-bond acceptors (Lipinski definition) is 5. The molecule has 3 rings (SSSR count). The number of rotatable bonds is 3. The maximum Gasteiger partial charge on any atom is 0.134 e. The van der Waals surface area contributed by atoms with Gasteiger partial charge in [0.25, 0.3) is 0 Å². The van der Waals surface area contributed by atoms with Crippen LogP contribution < -0.4 is 0 Å². The van der Waals surface area contributed by atoms with Crippen molar-refractivity contribution in [3.8, 4) is 0 Å². The Balaban J connectivity index is 1.83. The van der Waals surface area contributed by atoms with Crippen molar-refractivity contribution >= 4 is 23.5 Å². The second-order valence-electron chi connectivity index (χ2n) is 4.66. The number of piperidine rings is 1. The van der Waals surface area contributed by atoms with Crippen LogP contribution in [0.25, 0.3) is 0 Å². The number of aromatic nitrogens is 2. The predicted molar refractivity (Wildman–Crippen MR) is 68.2 cm³/mol. The minimum Gasteiger partial charge on any atom is -0.302 e. The van der Waals surface area contributed by atoms with Gasteiger partial charge in [0.1, 0.15) is 5.03 Å². The SMILES string of the molecule is CCSc1nsnc1C1CN2CCCC1C2. The molecule has 0 spiro atoms. The summed E-state index contributed by atoms with van der Waals surface area (Å²) in [4.78, 5) is 2.60. The molecule has 3 atom stereocenters. The smallest absolute Gasteiger partial charge is 0.134 e. The van der Waals surface area contributed by atoms with Gasteiger partial charge in [-0.15, -0.1) is 11.8 Å². The average Bonchev–Trinajstić information content (AvgIpc) is 2.85. The highest BCUT2D eigenvalue weighted by molar-refractivity contribution is 7.99. The van der Waals surface area contributed by atoms with Gasteiger partial charge in [-0.2, -0.15) is 8.75 Å². The fourth-order valence-corrected chi connectivity index (χ4v) is 4.48. The van der Waals surface area contributed by atoms with Crippen molar-refractivity contribution < 1.29 is 0 Å². The Bertz CT molecular complexity index is 366. The first-order chi connectivity index (χ1) is 7.88. The van der Waals surface area contributed by atoms with Crippen LogP contribution in [0.4, 0.5) is 0 Å². The lowest BCUT2D eigenvalue weighted by molar-refractivity contribution is 0.269. The topological polar surface area (TPSA) is 29.0 Å². The molecule has 3 heterocycles. The molecule has 0 aliphatic carbocycles. The molecule has 0 amide bonds. The van der Waals surface area contributed by atoms with Crippen molar-refractivity contribution in [2.24, 2.45) is 5.92 Å². The summed E-state index contributed by atoms with van der Waals surface area (Å²) in [6.07, 6.45) is 2.75. The first-order valence-electron chi connectivity index (χ1n) is 6.06. The molecular formula is C11H17N3S2. The van der Waals surface area contributed by atoms with Gasteiger partial charge in [-0.05, 0) is 31.1 Å². The second kappa shape index (κ2) is 4.63. The van der Waals surface area contributed by atoms with E-state index in [-0.39, 0.29) is 0 Å². The van der Waals surface area contributed by atoms with E-state index < -0.39 is 0 Å². The van der Waals surface area contributed by atoms with E-state index in [9.17, 15) is 0 Å². The third kappa shape index (κ3) is 1.89. The van der Waals surface area contributed by atoms with Gasteiger partial charge in [0.15, 0.2) is 0 Å². The standard InChI is InChI=1S/C11H17N3S2/c1-2-15-11-10(12-16-13-11)9-7-14-5-3-4-8(9)6-14/h8-9H,2-7H2,1H3. The van der Waals surface area contributed by atoms with E-state index in [4.69, 9.17) is 0 Å². The zero-order chi connectivity index (χ0) is 11.0. The summed E-state index contributed by atoms with van der Waals surface area (Å²) in [5, 5.41) is 1.20. The van der Waals surface area contributed by atoms with Crippen LogP contribution in [0.2, 0.25) is 0 Å². The number of thioether (sulfide) groups is 1. The van der Waals surface area contributed by atoms with E-state index in [1.54, 1.807) is 0 Å². The Kier molecular flexibility index (Phi) is 3.18. The van der Waals surface area contributed by atoms with E-state index in [2.05, 4.69) is 20.6 Å². The first kappa shape index (κ1) is 11.0. The van der Waals surface area contributed by atoms with Crippen molar-refractivity contribution in [3.05, 3.63) is 5.69 Å². The lowest BCUT2D eigenvalue weighted by Crippen LogP contribution is -2.25. The Labute approximate surface area is 105 Å². The van der Waals surface area contributed by atoms with Crippen molar-refractivity contribution in [1.82, 2.24) is 13.6 Å². The van der Waals surface area contributed by atoms with Gasteiger partial charge in [0.2, 0.25) is 0 Å². The molecule has 0 radical (unpaired) electrons. The van der Waals surface area contributed by atoms with Crippen molar-refractivity contribution in [1.29, 1.82) is 0 Å². The first-order valence-corrected chi connectivity index (χ1v) is 7.77. The van der Waals surface area contributed by atoms with Gasteiger partial charge in [0, 0.05) is 19.0 Å². The Morgan fingerprint density at radius 1 is 1.44 bits per heavy atom. The summed E-state index contributed by atoms with van der Waals surface area (Å²) in [6.45, 7) is 5.98. The largest absolute Gasteiger partial charge is 0.302 e. The number of hydrogen-bond donors (Lipinski definition) is 0. The predicted octanol–water partition coefficient (Wildman–Crippen LogP) is 2.46. The summed E-state index contributed by atoms with van der Waals surface area (Å²) in [6, 6.07) is 0. The van der Waals surface area contributed by atoms with Crippen molar-refractivity contribution in [3.63, 3.8) is 0 Å². The van der Waals surface area contributed by atoms with Crippen LogP contribution >= 0.6 is 23.5 Å². The molecule has 2 saturated heterocycles. The molecule has 3 unspecified atom stereocenters. The molecular weight excluding hydrogens is 238 g/mol. The Morgan fingerprint density at radius 3 is 3.19 bits per heavy atom. The molecule has 0 aromatic carbocycles. The van der Waals surface area contributed by atoms with E-state index in [1.165, 1.54) is 54.9 Å². The van der Waals surface area contributed by atoms with Crippen LogP contribution in [0.5, 0.6) is 0 Å². The zero-order valence-corrected chi connectivity index (χ0v) is 11.2.